The standard InChI is InChI=1S/C16H17N3O5/c1-11-13(5-4-6-14(11)19(23)24)16(22)17-9-12(20)10-18-8-3-2-7-15(18)21/h2-8,12,20H,9-10H2,1H3,(H,17,22). The van der Waals surface area contributed by atoms with Crippen LogP contribution in [0.3, 0.4) is 0 Å². The van der Waals surface area contributed by atoms with Crippen LogP contribution < -0.4 is 10.9 Å². The zero-order chi connectivity index (χ0) is 17.7. The summed E-state index contributed by atoms with van der Waals surface area (Å²) in [5, 5.41) is 23.4. The molecule has 2 rings (SSSR count). The van der Waals surface area contributed by atoms with Gasteiger partial charge in [0.05, 0.1) is 17.6 Å². The maximum atomic E-state index is 12.2. The molecule has 1 amide bonds. The van der Waals surface area contributed by atoms with Gasteiger partial charge in [-0.05, 0) is 19.1 Å². The van der Waals surface area contributed by atoms with E-state index in [0.717, 1.165) is 0 Å². The van der Waals surface area contributed by atoms with Gasteiger partial charge in [-0.15, -0.1) is 0 Å². The topological polar surface area (TPSA) is 114 Å². The van der Waals surface area contributed by atoms with Gasteiger partial charge in [0.25, 0.3) is 17.2 Å². The van der Waals surface area contributed by atoms with E-state index in [0.29, 0.717) is 0 Å². The van der Waals surface area contributed by atoms with Crippen LogP contribution in [0.2, 0.25) is 0 Å². The van der Waals surface area contributed by atoms with E-state index < -0.39 is 16.9 Å². The van der Waals surface area contributed by atoms with E-state index in [1.807, 2.05) is 0 Å². The van der Waals surface area contributed by atoms with Crippen molar-refractivity contribution in [2.24, 2.45) is 0 Å². The lowest BCUT2D eigenvalue weighted by Crippen LogP contribution is -2.36. The molecule has 2 N–H and O–H groups in total. The SMILES string of the molecule is Cc1c(C(=O)NCC(O)Cn2ccccc2=O)cccc1[N+](=O)[O-]. The number of nitro benzene ring substituents is 1. The van der Waals surface area contributed by atoms with Crippen LogP contribution in [0.4, 0.5) is 5.69 Å². The molecule has 1 unspecified atom stereocenters. The van der Waals surface area contributed by atoms with Crippen molar-refractivity contribution in [2.75, 3.05) is 6.54 Å². The lowest BCUT2D eigenvalue weighted by atomic mass is 10.1. The van der Waals surface area contributed by atoms with E-state index in [4.69, 9.17) is 0 Å². The molecule has 0 saturated carbocycles. The Hall–Kier alpha value is -3.00. The number of aliphatic hydroxyl groups excluding tert-OH is 1. The molecule has 1 heterocycles. The maximum absolute atomic E-state index is 12.2. The molecule has 24 heavy (non-hydrogen) atoms. The van der Waals surface area contributed by atoms with E-state index in [1.54, 1.807) is 12.1 Å². The Kier molecular flexibility index (Phi) is 5.43. The van der Waals surface area contributed by atoms with Crippen LogP contribution in [0, 0.1) is 17.0 Å². The van der Waals surface area contributed by atoms with Gasteiger partial charge < -0.3 is 15.0 Å². The maximum Gasteiger partial charge on any atom is 0.273 e. The molecule has 0 saturated heterocycles. The van der Waals surface area contributed by atoms with Crippen molar-refractivity contribution in [3.8, 4) is 0 Å². The monoisotopic (exact) mass is 331 g/mol. The van der Waals surface area contributed by atoms with Crippen LogP contribution in [0.1, 0.15) is 15.9 Å². The molecule has 0 aliphatic rings. The summed E-state index contributed by atoms with van der Waals surface area (Å²) >= 11 is 0. The Balaban J connectivity index is 2.01. The van der Waals surface area contributed by atoms with Gasteiger partial charge in [0.1, 0.15) is 0 Å². The first-order valence-electron chi connectivity index (χ1n) is 7.26. The number of amides is 1. The molecule has 8 nitrogen and oxygen atoms in total. The van der Waals surface area contributed by atoms with Crippen LogP contribution in [-0.4, -0.2) is 33.2 Å². The summed E-state index contributed by atoms with van der Waals surface area (Å²) in [5.74, 6) is -0.518. The van der Waals surface area contributed by atoms with E-state index in [-0.39, 0.29) is 35.5 Å². The van der Waals surface area contributed by atoms with E-state index in [1.165, 1.54) is 42.0 Å². The van der Waals surface area contributed by atoms with Crippen molar-refractivity contribution in [1.29, 1.82) is 0 Å². The van der Waals surface area contributed by atoms with Gasteiger partial charge in [-0.25, -0.2) is 0 Å². The third kappa shape index (κ3) is 4.05. The number of nitrogens with zero attached hydrogens (tertiary/aromatic N) is 2. The second-order valence-corrected chi connectivity index (χ2v) is 5.26. The third-order valence-corrected chi connectivity index (χ3v) is 3.55. The summed E-state index contributed by atoms with van der Waals surface area (Å²) < 4.78 is 1.33. The molecule has 0 bridgehead atoms. The third-order valence-electron chi connectivity index (χ3n) is 3.55. The number of hydrogen-bond donors (Lipinski definition) is 2. The van der Waals surface area contributed by atoms with Crippen molar-refractivity contribution >= 4 is 11.6 Å². The normalized spacial score (nSPS) is 11.8. The van der Waals surface area contributed by atoms with Gasteiger partial charge in [-0.3, -0.25) is 19.7 Å². The molecule has 2 aromatic rings. The Morgan fingerprint density at radius 3 is 2.75 bits per heavy atom. The van der Waals surface area contributed by atoms with Gasteiger partial charge in [0.2, 0.25) is 0 Å². The summed E-state index contributed by atoms with van der Waals surface area (Å²) in [6.45, 7) is 1.45. The summed E-state index contributed by atoms with van der Waals surface area (Å²) in [7, 11) is 0. The summed E-state index contributed by atoms with van der Waals surface area (Å²) in [6, 6.07) is 8.86. The number of hydrogen-bond acceptors (Lipinski definition) is 5. The molecule has 0 fully saturated rings. The molecule has 126 valence electrons. The lowest BCUT2D eigenvalue weighted by molar-refractivity contribution is -0.385. The summed E-state index contributed by atoms with van der Waals surface area (Å²) in [5.41, 5.74) is 0.0403. The lowest BCUT2D eigenvalue weighted by Gasteiger charge is -2.14. The highest BCUT2D eigenvalue weighted by atomic mass is 16.6. The highest BCUT2D eigenvalue weighted by Gasteiger charge is 2.18. The highest BCUT2D eigenvalue weighted by molar-refractivity contribution is 5.96. The molecule has 1 aromatic carbocycles. The van der Waals surface area contributed by atoms with E-state index >= 15 is 0 Å². The van der Waals surface area contributed by atoms with Crippen LogP contribution in [0.25, 0.3) is 0 Å². The Morgan fingerprint density at radius 2 is 2.08 bits per heavy atom. The average molecular weight is 331 g/mol. The second-order valence-electron chi connectivity index (χ2n) is 5.26. The van der Waals surface area contributed by atoms with Crippen LogP contribution in [-0.2, 0) is 6.54 Å². The fourth-order valence-electron chi connectivity index (χ4n) is 2.28. The van der Waals surface area contributed by atoms with Gasteiger partial charge >= 0.3 is 0 Å². The van der Waals surface area contributed by atoms with Crippen LogP contribution in [0.5, 0.6) is 0 Å². The number of carbonyl (C=O) groups is 1. The minimum absolute atomic E-state index is 0.0356. The molecule has 0 aliphatic heterocycles. The predicted octanol–water partition coefficient (Wildman–Crippen LogP) is 0.856. The molecule has 0 radical (unpaired) electrons. The van der Waals surface area contributed by atoms with E-state index in [9.17, 15) is 24.8 Å². The molecule has 0 aliphatic carbocycles. The number of benzene rings is 1. The zero-order valence-corrected chi connectivity index (χ0v) is 13.0. The first kappa shape index (κ1) is 17.4. The number of pyridine rings is 1. The van der Waals surface area contributed by atoms with Crippen molar-refractivity contribution in [3.05, 3.63) is 74.2 Å². The number of aromatic nitrogens is 1. The van der Waals surface area contributed by atoms with Gasteiger partial charge in [0.15, 0.2) is 0 Å². The number of carbonyl (C=O) groups excluding carboxylic acids is 1. The molecule has 8 heteroatoms. The molecular formula is C16H17N3O5. The molecule has 1 aromatic heterocycles. The Labute approximate surface area is 137 Å². The Morgan fingerprint density at radius 1 is 1.33 bits per heavy atom. The van der Waals surface area contributed by atoms with Gasteiger partial charge in [-0.2, -0.15) is 0 Å². The van der Waals surface area contributed by atoms with Crippen molar-refractivity contribution in [2.45, 2.75) is 19.6 Å². The molecule has 0 spiro atoms. The number of nitro groups is 1. The fraction of sp³-hybridized carbons (Fsp3) is 0.250. The number of rotatable bonds is 6. The quantitative estimate of drug-likeness (QED) is 0.602. The predicted molar refractivity (Wildman–Crippen MR) is 86.9 cm³/mol. The summed E-state index contributed by atoms with van der Waals surface area (Å²) in [4.78, 5) is 34.1. The van der Waals surface area contributed by atoms with Crippen molar-refractivity contribution in [3.63, 3.8) is 0 Å². The minimum atomic E-state index is -0.965. The minimum Gasteiger partial charge on any atom is -0.389 e. The van der Waals surface area contributed by atoms with Crippen LogP contribution in [0.15, 0.2) is 47.4 Å². The van der Waals surface area contributed by atoms with E-state index in [2.05, 4.69) is 5.32 Å². The van der Waals surface area contributed by atoms with Crippen molar-refractivity contribution in [1.82, 2.24) is 9.88 Å². The fourth-order valence-corrected chi connectivity index (χ4v) is 2.28. The second kappa shape index (κ2) is 7.51. The van der Waals surface area contributed by atoms with Crippen molar-refractivity contribution < 1.29 is 14.8 Å². The smallest absolute Gasteiger partial charge is 0.273 e. The molecule has 1 atom stereocenters. The van der Waals surface area contributed by atoms with Crippen LogP contribution >= 0.6 is 0 Å². The Bertz CT molecular complexity index is 815. The van der Waals surface area contributed by atoms with Gasteiger partial charge in [-0.1, -0.05) is 12.1 Å². The largest absolute Gasteiger partial charge is 0.389 e. The number of nitrogens with one attached hydrogen (secondary N) is 1. The van der Waals surface area contributed by atoms with Gasteiger partial charge in [0, 0.05) is 36.0 Å². The first-order valence-corrected chi connectivity index (χ1v) is 7.26. The summed E-state index contributed by atoms with van der Waals surface area (Å²) in [6.07, 6.45) is 0.575. The molecular weight excluding hydrogens is 314 g/mol. The average Bonchev–Trinajstić information content (AvgIpc) is 2.54. The zero-order valence-electron chi connectivity index (χ0n) is 13.0. The highest BCUT2D eigenvalue weighted by Crippen LogP contribution is 2.20. The first-order chi connectivity index (χ1) is 11.4. The number of aliphatic hydroxyl groups is 1.